The van der Waals surface area contributed by atoms with Crippen LogP contribution in [0, 0.1) is 13.8 Å². The molecule has 0 aromatic heterocycles. The fourth-order valence-electron chi connectivity index (χ4n) is 2.22. The summed E-state index contributed by atoms with van der Waals surface area (Å²) in [6.07, 6.45) is 0. The summed E-state index contributed by atoms with van der Waals surface area (Å²) in [5.74, 6) is 0.0552. The number of carbonyl (C=O) groups is 2. The van der Waals surface area contributed by atoms with Crippen molar-refractivity contribution in [2.45, 2.75) is 20.8 Å². The Morgan fingerprint density at radius 1 is 0.842 bits per heavy atom. The van der Waals surface area contributed by atoms with Crippen molar-refractivity contribution in [2.75, 3.05) is 21.3 Å². The molecule has 0 N–H and O–H groups in total. The Balaban J connectivity index is 3.82. The van der Waals surface area contributed by atoms with E-state index < -0.39 is 5.97 Å². The zero-order valence-electron chi connectivity index (χ0n) is 12.0. The van der Waals surface area contributed by atoms with Gasteiger partial charge in [0.05, 0.1) is 26.9 Å². The number of esters is 1. The molecule has 0 atom stereocenters. The molecule has 0 aliphatic carbocycles. The second-order valence-corrected chi connectivity index (χ2v) is 4.11. The third kappa shape index (κ3) is 2.41. The first-order valence-electron chi connectivity index (χ1n) is 5.75. The van der Waals surface area contributed by atoms with Crippen molar-refractivity contribution in [3.8, 4) is 11.5 Å². The van der Waals surface area contributed by atoms with Gasteiger partial charge in [-0.2, -0.15) is 0 Å². The first kappa shape index (κ1) is 15.0. The summed E-state index contributed by atoms with van der Waals surface area (Å²) in [4.78, 5) is 23.6. The van der Waals surface area contributed by atoms with Crippen molar-refractivity contribution in [1.82, 2.24) is 0 Å². The van der Waals surface area contributed by atoms with Crippen molar-refractivity contribution < 1.29 is 23.8 Å². The summed E-state index contributed by atoms with van der Waals surface area (Å²) >= 11 is 0. The highest BCUT2D eigenvalue weighted by Crippen LogP contribution is 2.38. The van der Waals surface area contributed by atoms with Gasteiger partial charge in [0, 0.05) is 11.1 Å². The van der Waals surface area contributed by atoms with Gasteiger partial charge in [0.2, 0.25) is 0 Å². The summed E-state index contributed by atoms with van der Waals surface area (Å²) in [5.41, 5.74) is 1.80. The second-order valence-electron chi connectivity index (χ2n) is 4.11. The highest BCUT2D eigenvalue weighted by molar-refractivity contribution is 6.04. The molecular weight excluding hydrogens is 248 g/mol. The standard InChI is InChI=1S/C14H18O5/c1-7-10(9(3)15)12(17-4)8(2)11(13(7)18-5)14(16)19-6/h1-6H3. The molecule has 0 heterocycles. The van der Waals surface area contributed by atoms with Crippen LogP contribution < -0.4 is 9.47 Å². The lowest BCUT2D eigenvalue weighted by atomic mass is 9.94. The number of methoxy groups -OCH3 is 3. The van der Waals surface area contributed by atoms with E-state index in [1.165, 1.54) is 28.3 Å². The zero-order valence-corrected chi connectivity index (χ0v) is 12.0. The van der Waals surface area contributed by atoms with E-state index in [9.17, 15) is 9.59 Å². The molecule has 19 heavy (non-hydrogen) atoms. The van der Waals surface area contributed by atoms with Crippen LogP contribution in [-0.4, -0.2) is 33.1 Å². The number of benzene rings is 1. The lowest BCUT2D eigenvalue weighted by Crippen LogP contribution is -2.13. The Morgan fingerprint density at radius 3 is 1.63 bits per heavy atom. The predicted molar refractivity (Wildman–Crippen MR) is 70.4 cm³/mol. The van der Waals surface area contributed by atoms with Gasteiger partial charge in [0.1, 0.15) is 17.1 Å². The van der Waals surface area contributed by atoms with Gasteiger partial charge in [-0.3, -0.25) is 4.79 Å². The maximum atomic E-state index is 11.9. The average molecular weight is 266 g/mol. The van der Waals surface area contributed by atoms with Crippen LogP contribution in [-0.2, 0) is 4.74 Å². The van der Waals surface area contributed by atoms with E-state index in [4.69, 9.17) is 14.2 Å². The molecule has 104 valence electrons. The van der Waals surface area contributed by atoms with Crippen molar-refractivity contribution in [3.05, 3.63) is 22.3 Å². The lowest BCUT2D eigenvalue weighted by Gasteiger charge is -2.19. The minimum absolute atomic E-state index is 0.146. The largest absolute Gasteiger partial charge is 0.496 e. The Kier molecular flexibility index (Phi) is 4.53. The summed E-state index contributed by atoms with van der Waals surface area (Å²) < 4.78 is 15.3. The number of hydrogen-bond acceptors (Lipinski definition) is 5. The number of hydrogen-bond donors (Lipinski definition) is 0. The highest BCUT2D eigenvalue weighted by Gasteiger charge is 2.27. The third-order valence-corrected chi connectivity index (χ3v) is 3.04. The summed E-state index contributed by atoms with van der Waals surface area (Å²) in [6.45, 7) is 4.85. The molecular formula is C14H18O5. The first-order chi connectivity index (χ1) is 8.90. The monoisotopic (exact) mass is 266 g/mol. The van der Waals surface area contributed by atoms with Crippen molar-refractivity contribution in [3.63, 3.8) is 0 Å². The third-order valence-electron chi connectivity index (χ3n) is 3.04. The molecule has 1 aromatic carbocycles. The van der Waals surface area contributed by atoms with Gasteiger partial charge >= 0.3 is 5.97 Å². The van der Waals surface area contributed by atoms with E-state index in [0.717, 1.165) is 0 Å². The van der Waals surface area contributed by atoms with Gasteiger partial charge in [-0.15, -0.1) is 0 Å². The van der Waals surface area contributed by atoms with Crippen LogP contribution in [0.25, 0.3) is 0 Å². The van der Waals surface area contributed by atoms with Gasteiger partial charge < -0.3 is 14.2 Å². The fraction of sp³-hybridized carbons (Fsp3) is 0.429. The Bertz CT molecular complexity index is 531. The van der Waals surface area contributed by atoms with Crippen LogP contribution in [0.2, 0.25) is 0 Å². The van der Waals surface area contributed by atoms with E-state index in [-0.39, 0.29) is 11.3 Å². The van der Waals surface area contributed by atoms with Crippen LogP contribution in [0.1, 0.15) is 38.8 Å². The van der Waals surface area contributed by atoms with Crippen LogP contribution in [0.5, 0.6) is 11.5 Å². The van der Waals surface area contributed by atoms with Crippen molar-refractivity contribution in [2.24, 2.45) is 0 Å². The predicted octanol–water partition coefficient (Wildman–Crippen LogP) is 2.31. The summed E-state index contributed by atoms with van der Waals surface area (Å²) in [5, 5.41) is 0. The van der Waals surface area contributed by atoms with Gasteiger partial charge in [-0.1, -0.05) is 0 Å². The molecule has 0 spiro atoms. The van der Waals surface area contributed by atoms with E-state index in [2.05, 4.69) is 0 Å². The quantitative estimate of drug-likeness (QED) is 0.618. The summed E-state index contributed by atoms with van der Waals surface area (Å²) in [6, 6.07) is 0. The fourth-order valence-corrected chi connectivity index (χ4v) is 2.22. The SMILES string of the molecule is COC(=O)c1c(C)c(OC)c(C(C)=O)c(C)c1OC. The molecule has 5 heteroatoms. The maximum Gasteiger partial charge on any atom is 0.342 e. The molecule has 0 unspecified atom stereocenters. The molecule has 0 saturated heterocycles. The van der Waals surface area contributed by atoms with E-state index in [1.54, 1.807) is 13.8 Å². The molecule has 5 nitrogen and oxygen atoms in total. The topological polar surface area (TPSA) is 61.8 Å². The number of carbonyl (C=O) groups excluding carboxylic acids is 2. The second kappa shape index (κ2) is 5.73. The van der Waals surface area contributed by atoms with Crippen LogP contribution in [0.4, 0.5) is 0 Å². The van der Waals surface area contributed by atoms with Gasteiger partial charge in [0.25, 0.3) is 0 Å². The van der Waals surface area contributed by atoms with E-state index >= 15 is 0 Å². The zero-order chi connectivity index (χ0) is 14.7. The number of ketones is 1. The molecule has 0 amide bonds. The van der Waals surface area contributed by atoms with Crippen molar-refractivity contribution >= 4 is 11.8 Å². The summed E-state index contributed by atoms with van der Waals surface area (Å²) in [7, 11) is 4.20. The minimum Gasteiger partial charge on any atom is -0.496 e. The smallest absolute Gasteiger partial charge is 0.342 e. The molecule has 0 aliphatic heterocycles. The Morgan fingerprint density at radius 2 is 1.26 bits per heavy atom. The van der Waals surface area contributed by atoms with Crippen LogP contribution >= 0.6 is 0 Å². The lowest BCUT2D eigenvalue weighted by molar-refractivity contribution is 0.0595. The maximum absolute atomic E-state index is 11.9. The molecule has 1 aromatic rings. The molecule has 0 saturated carbocycles. The Labute approximate surface area is 112 Å². The van der Waals surface area contributed by atoms with E-state index in [1.807, 2.05) is 0 Å². The van der Waals surface area contributed by atoms with Gasteiger partial charge in [-0.25, -0.2) is 4.79 Å². The highest BCUT2D eigenvalue weighted by atomic mass is 16.5. The number of Topliss-reactive ketones (excluding diaryl/α,β-unsaturated/α-hetero) is 1. The average Bonchev–Trinajstić information content (AvgIpc) is 2.38. The first-order valence-corrected chi connectivity index (χ1v) is 5.75. The van der Waals surface area contributed by atoms with Gasteiger partial charge in [0.15, 0.2) is 5.78 Å². The molecule has 1 rings (SSSR count). The number of ether oxygens (including phenoxy) is 3. The van der Waals surface area contributed by atoms with Gasteiger partial charge in [-0.05, 0) is 20.8 Å². The van der Waals surface area contributed by atoms with Crippen molar-refractivity contribution in [1.29, 1.82) is 0 Å². The van der Waals surface area contributed by atoms with Crippen LogP contribution in [0.15, 0.2) is 0 Å². The van der Waals surface area contributed by atoms with E-state index in [0.29, 0.717) is 28.2 Å². The van der Waals surface area contributed by atoms with Crippen LogP contribution in [0.3, 0.4) is 0 Å². The Hall–Kier alpha value is -2.04. The molecule has 0 fully saturated rings. The normalized spacial score (nSPS) is 10.0. The minimum atomic E-state index is -0.522. The molecule has 0 radical (unpaired) electrons. The molecule has 0 aliphatic rings. The number of rotatable bonds is 4. The molecule has 0 bridgehead atoms.